The van der Waals surface area contributed by atoms with Crippen molar-refractivity contribution in [2.45, 2.75) is 37.6 Å². The first-order chi connectivity index (χ1) is 8.95. The Morgan fingerprint density at radius 3 is 2.47 bits per heavy atom. The quantitative estimate of drug-likeness (QED) is 0.778. The first-order valence-corrected chi connectivity index (χ1v) is 7.34. The first-order valence-electron chi connectivity index (χ1n) is 5.80. The van der Waals surface area contributed by atoms with Crippen LogP contribution in [0.25, 0.3) is 0 Å². The molecule has 2 aromatic rings. The molecule has 102 valence electrons. The Morgan fingerprint density at radius 2 is 1.95 bits per heavy atom. The van der Waals surface area contributed by atoms with E-state index in [1.807, 2.05) is 6.92 Å². The largest absolute Gasteiger partial charge is 0.338 e. The lowest BCUT2D eigenvalue weighted by molar-refractivity contribution is 0.371. The van der Waals surface area contributed by atoms with Crippen LogP contribution < -0.4 is 0 Å². The summed E-state index contributed by atoms with van der Waals surface area (Å²) < 4.78 is 29.5. The lowest BCUT2D eigenvalue weighted by Gasteiger charge is -2.06. The zero-order valence-corrected chi connectivity index (χ0v) is 11.7. The molecule has 2 heterocycles. The van der Waals surface area contributed by atoms with Crippen molar-refractivity contribution in [1.82, 2.24) is 20.1 Å². The third-order valence-electron chi connectivity index (χ3n) is 2.62. The molecule has 0 spiro atoms. The van der Waals surface area contributed by atoms with Gasteiger partial charge in [-0.3, -0.25) is 0 Å². The molecule has 0 N–H and O–H groups in total. The molecule has 0 unspecified atom stereocenters. The molecule has 1 atom stereocenters. The molecule has 0 aromatic carbocycles. The van der Waals surface area contributed by atoms with Gasteiger partial charge < -0.3 is 4.52 Å². The average molecular weight is 282 g/mol. The summed E-state index contributed by atoms with van der Waals surface area (Å²) in [6, 6.07) is 0. The summed E-state index contributed by atoms with van der Waals surface area (Å²) in [6.07, 6.45) is 3.49. The number of hydrogen-bond donors (Lipinski definition) is 0. The topological polar surface area (TPSA) is 98.8 Å². The van der Waals surface area contributed by atoms with Gasteiger partial charge in [0.2, 0.25) is 20.9 Å². The van der Waals surface area contributed by atoms with Crippen LogP contribution in [0.15, 0.2) is 22.1 Å². The van der Waals surface area contributed by atoms with Crippen LogP contribution in [0.4, 0.5) is 0 Å². The van der Waals surface area contributed by atoms with Crippen molar-refractivity contribution in [3.05, 3.63) is 29.7 Å². The second kappa shape index (κ2) is 5.04. The molecule has 0 aliphatic heterocycles. The highest BCUT2D eigenvalue weighted by atomic mass is 32.2. The zero-order chi connectivity index (χ0) is 14.0. The van der Waals surface area contributed by atoms with E-state index >= 15 is 0 Å². The molecule has 0 aliphatic rings. The van der Waals surface area contributed by atoms with Crippen molar-refractivity contribution in [3.8, 4) is 0 Å². The number of aromatic nitrogens is 4. The third-order valence-corrected chi connectivity index (χ3v) is 4.48. The van der Waals surface area contributed by atoms with Crippen LogP contribution in [-0.4, -0.2) is 28.5 Å². The Balaban J connectivity index is 2.36. The smallest absolute Gasteiger partial charge is 0.247 e. The van der Waals surface area contributed by atoms with Gasteiger partial charge in [-0.05, 0) is 19.4 Å². The van der Waals surface area contributed by atoms with Gasteiger partial charge in [-0.1, -0.05) is 12.1 Å². The number of rotatable bonds is 4. The van der Waals surface area contributed by atoms with Gasteiger partial charge in [-0.25, -0.2) is 18.4 Å². The summed E-state index contributed by atoms with van der Waals surface area (Å²) in [5.74, 6) is 0.530. The number of nitrogens with zero attached hydrogens (tertiary/aromatic N) is 4. The highest BCUT2D eigenvalue weighted by Gasteiger charge is 2.32. The standard InChI is InChI=1S/C11H14N4O3S/c1-4-9-14-10(18-15-9)8(3)19(16,17)11-12-5-7(2)6-13-11/h5-6,8H,4H2,1-3H3/t8-/m1/s1. The maximum absolute atomic E-state index is 12.3. The summed E-state index contributed by atoms with van der Waals surface area (Å²) in [5.41, 5.74) is 0.790. The molecule has 0 bridgehead atoms. The van der Waals surface area contributed by atoms with Crippen LogP contribution in [0.5, 0.6) is 0 Å². The van der Waals surface area contributed by atoms with Gasteiger partial charge in [0.05, 0.1) is 0 Å². The fourth-order valence-corrected chi connectivity index (χ4v) is 2.47. The lowest BCUT2D eigenvalue weighted by Crippen LogP contribution is -2.14. The molecule has 0 amide bonds. The van der Waals surface area contributed by atoms with Gasteiger partial charge in [0, 0.05) is 18.8 Å². The van der Waals surface area contributed by atoms with Crippen LogP contribution in [0, 0.1) is 6.92 Å². The minimum absolute atomic E-state index is 0.0565. The van der Waals surface area contributed by atoms with Crippen molar-refractivity contribution in [3.63, 3.8) is 0 Å². The fraction of sp³-hybridized carbons (Fsp3) is 0.455. The van der Waals surface area contributed by atoms with E-state index in [4.69, 9.17) is 4.52 Å². The number of sulfone groups is 1. The second-order valence-electron chi connectivity index (χ2n) is 4.13. The molecule has 0 radical (unpaired) electrons. The third kappa shape index (κ3) is 2.62. The van der Waals surface area contributed by atoms with Gasteiger partial charge in [0.15, 0.2) is 5.82 Å². The second-order valence-corrected chi connectivity index (χ2v) is 6.29. The molecular formula is C11H14N4O3S. The van der Waals surface area contributed by atoms with Crippen molar-refractivity contribution >= 4 is 9.84 Å². The highest BCUT2D eigenvalue weighted by molar-refractivity contribution is 7.91. The molecule has 8 heteroatoms. The average Bonchev–Trinajstić information content (AvgIpc) is 2.87. The highest BCUT2D eigenvalue weighted by Crippen LogP contribution is 2.24. The van der Waals surface area contributed by atoms with Gasteiger partial charge in [0.25, 0.3) is 0 Å². The van der Waals surface area contributed by atoms with Crippen molar-refractivity contribution in [2.24, 2.45) is 0 Å². The van der Waals surface area contributed by atoms with Crippen LogP contribution in [0.3, 0.4) is 0 Å². The van der Waals surface area contributed by atoms with Gasteiger partial charge in [0.1, 0.15) is 5.25 Å². The predicted octanol–water partition coefficient (Wildman–Crippen LogP) is 1.27. The monoisotopic (exact) mass is 282 g/mol. The molecule has 0 saturated carbocycles. The van der Waals surface area contributed by atoms with E-state index < -0.39 is 15.1 Å². The van der Waals surface area contributed by atoms with E-state index in [2.05, 4.69) is 20.1 Å². The molecule has 0 aliphatic carbocycles. The molecule has 2 aromatic heterocycles. The maximum atomic E-state index is 12.3. The first kappa shape index (κ1) is 13.6. The van der Waals surface area contributed by atoms with Crippen LogP contribution >= 0.6 is 0 Å². The predicted molar refractivity (Wildman–Crippen MR) is 66.0 cm³/mol. The van der Waals surface area contributed by atoms with Crippen LogP contribution in [0.2, 0.25) is 0 Å². The van der Waals surface area contributed by atoms with Crippen molar-refractivity contribution in [2.75, 3.05) is 0 Å². The fourth-order valence-electron chi connectivity index (χ4n) is 1.39. The Bertz CT molecular complexity index is 664. The maximum Gasteiger partial charge on any atom is 0.247 e. The molecular weight excluding hydrogens is 268 g/mol. The lowest BCUT2D eigenvalue weighted by atomic mass is 10.4. The number of aryl methyl sites for hydroxylation is 2. The summed E-state index contributed by atoms with van der Waals surface area (Å²) in [4.78, 5) is 11.7. The zero-order valence-electron chi connectivity index (χ0n) is 10.9. The van der Waals surface area contributed by atoms with E-state index in [1.54, 1.807) is 6.92 Å². The SMILES string of the molecule is CCc1noc([C@@H](C)S(=O)(=O)c2ncc(C)cn2)n1. The Morgan fingerprint density at radius 1 is 1.32 bits per heavy atom. The van der Waals surface area contributed by atoms with E-state index in [9.17, 15) is 8.42 Å². The van der Waals surface area contributed by atoms with Crippen molar-refractivity contribution < 1.29 is 12.9 Å². The van der Waals surface area contributed by atoms with E-state index in [1.165, 1.54) is 19.3 Å². The molecule has 2 rings (SSSR count). The molecule has 0 saturated heterocycles. The van der Waals surface area contributed by atoms with Gasteiger partial charge in [-0.2, -0.15) is 4.98 Å². The van der Waals surface area contributed by atoms with Crippen molar-refractivity contribution in [1.29, 1.82) is 0 Å². The molecule has 0 fully saturated rings. The molecule has 7 nitrogen and oxygen atoms in total. The van der Waals surface area contributed by atoms with E-state index in [0.717, 1.165) is 5.56 Å². The van der Waals surface area contributed by atoms with Gasteiger partial charge in [-0.15, -0.1) is 0 Å². The molecule has 19 heavy (non-hydrogen) atoms. The Labute approximate surface area is 111 Å². The van der Waals surface area contributed by atoms with E-state index in [-0.39, 0.29) is 11.0 Å². The summed E-state index contributed by atoms with van der Waals surface area (Å²) in [6.45, 7) is 5.12. The minimum Gasteiger partial charge on any atom is -0.338 e. The van der Waals surface area contributed by atoms with E-state index in [0.29, 0.717) is 12.2 Å². The minimum atomic E-state index is -3.72. The summed E-state index contributed by atoms with van der Waals surface area (Å²) in [7, 11) is -3.72. The Hall–Kier alpha value is -1.83. The van der Waals surface area contributed by atoms with Crippen LogP contribution in [0.1, 0.15) is 36.4 Å². The normalized spacial score (nSPS) is 13.4. The summed E-state index contributed by atoms with van der Waals surface area (Å²) >= 11 is 0. The Kier molecular flexibility index (Phi) is 3.61. The summed E-state index contributed by atoms with van der Waals surface area (Å²) in [5, 5.41) is 2.48. The number of hydrogen-bond acceptors (Lipinski definition) is 7. The van der Waals surface area contributed by atoms with Gasteiger partial charge >= 0.3 is 0 Å². The van der Waals surface area contributed by atoms with Crippen LogP contribution in [-0.2, 0) is 16.3 Å².